The Bertz CT molecular complexity index is 2460. The Balaban J connectivity index is 1.38. The predicted octanol–water partition coefficient (Wildman–Crippen LogP) is 14.6. The molecule has 6 aromatic rings. The van der Waals surface area contributed by atoms with Crippen molar-refractivity contribution in [1.29, 1.82) is 0 Å². The number of rotatable bonds is 8. The van der Waals surface area contributed by atoms with E-state index in [-0.39, 0.29) is 0 Å². The van der Waals surface area contributed by atoms with Crippen molar-refractivity contribution in [3.8, 4) is 0 Å². The second-order valence-electron chi connectivity index (χ2n) is 13.0. The molecule has 1 aliphatic carbocycles. The number of hydrogen-bond donors (Lipinski definition) is 0. The molecule has 6 aromatic carbocycles. The maximum atomic E-state index is 4.34. The number of hydrogen-bond acceptors (Lipinski definition) is 3. The van der Waals surface area contributed by atoms with E-state index in [0.717, 1.165) is 29.9 Å². The van der Waals surface area contributed by atoms with Gasteiger partial charge in [-0.25, -0.2) is 0 Å². The molecule has 0 aromatic heterocycles. The number of nitrogens with zero attached hydrogens (tertiary/aromatic N) is 1. The molecule has 0 saturated heterocycles. The molecule has 0 amide bonds. The maximum absolute atomic E-state index is 4.34. The zero-order chi connectivity index (χ0) is 34.9. The number of thioether (sulfide) groups is 2. The van der Waals surface area contributed by atoms with Crippen molar-refractivity contribution in [2.75, 3.05) is 4.90 Å². The van der Waals surface area contributed by atoms with Crippen molar-refractivity contribution >= 4 is 72.8 Å². The fourth-order valence-electron chi connectivity index (χ4n) is 7.66. The number of aryl methyl sites for hydroxylation is 1. The first-order valence-electron chi connectivity index (χ1n) is 17.9. The van der Waals surface area contributed by atoms with Crippen LogP contribution in [-0.4, -0.2) is 0 Å². The van der Waals surface area contributed by atoms with E-state index in [1.54, 1.807) is 0 Å². The Morgan fingerprint density at radius 2 is 1.45 bits per heavy atom. The smallest absolute Gasteiger partial charge is 0.0612 e. The summed E-state index contributed by atoms with van der Waals surface area (Å²) in [6.07, 6.45) is 17.4. The first-order chi connectivity index (χ1) is 25.1. The van der Waals surface area contributed by atoms with Crippen LogP contribution in [0.3, 0.4) is 0 Å². The third kappa shape index (κ3) is 5.89. The summed E-state index contributed by atoms with van der Waals surface area (Å²) in [5, 5.41) is 7.62. The van der Waals surface area contributed by atoms with E-state index in [0.29, 0.717) is 5.92 Å². The molecule has 8 rings (SSSR count). The van der Waals surface area contributed by atoms with Crippen LogP contribution in [0.15, 0.2) is 184 Å². The molecule has 1 nitrogen and oxygen atoms in total. The summed E-state index contributed by atoms with van der Waals surface area (Å²) >= 11 is 3.83. The molecule has 1 heterocycles. The van der Waals surface area contributed by atoms with Gasteiger partial charge in [-0.05, 0) is 111 Å². The quantitative estimate of drug-likeness (QED) is 0.115. The molecule has 0 bridgehead atoms. The molecule has 1 atom stereocenters. The number of benzene rings is 6. The van der Waals surface area contributed by atoms with Gasteiger partial charge in [-0.1, -0.05) is 153 Å². The SMILES string of the molecule is C=C/C(=C\C=C/C)N(c1ccc2c3ccccc3c3ccccc3c2c1)c1cccc2c1SC1=C(c3ccccc3CC)C(CC)C=CC=C1S2. The molecule has 1 unspecified atom stereocenters. The van der Waals surface area contributed by atoms with Crippen LogP contribution in [0.2, 0.25) is 0 Å². The molecule has 0 fully saturated rings. The molecule has 0 saturated carbocycles. The summed E-state index contributed by atoms with van der Waals surface area (Å²) in [7, 11) is 0. The van der Waals surface area contributed by atoms with Gasteiger partial charge in [0.1, 0.15) is 0 Å². The highest BCUT2D eigenvalue weighted by Crippen LogP contribution is 2.58. The van der Waals surface area contributed by atoms with Gasteiger partial charge < -0.3 is 4.90 Å². The summed E-state index contributed by atoms with van der Waals surface area (Å²) in [5.41, 5.74) is 7.51. The van der Waals surface area contributed by atoms with Crippen LogP contribution in [0.25, 0.3) is 37.9 Å². The molecular weight excluding hydrogens is 655 g/mol. The summed E-state index contributed by atoms with van der Waals surface area (Å²) in [4.78, 5) is 7.64. The van der Waals surface area contributed by atoms with Gasteiger partial charge in [-0.15, -0.1) is 0 Å². The zero-order valence-electron chi connectivity index (χ0n) is 29.4. The summed E-state index contributed by atoms with van der Waals surface area (Å²) < 4.78 is 0. The first kappa shape index (κ1) is 33.2. The largest absolute Gasteiger partial charge is 0.309 e. The number of fused-ring (bicyclic) bond motifs is 8. The standard InChI is InChI=1S/C48H41NS2/c1-5-9-20-34(8-4)49(35-29-30-41-39-24-13-12-22-37(39)38-23-14-15-25-40(38)42(41)31-35)43-26-17-28-44-47(43)51-48-45(50-44)27-16-19-33(7-3)46(48)36-21-11-10-18-32(36)6-2/h5,8-31,33H,4,6-7H2,1-3H3/b9-5-,34-20+. The van der Waals surface area contributed by atoms with Crippen molar-refractivity contribution in [2.24, 2.45) is 5.92 Å². The van der Waals surface area contributed by atoms with Gasteiger partial charge in [0.25, 0.3) is 0 Å². The van der Waals surface area contributed by atoms with Crippen LogP contribution in [0.1, 0.15) is 38.3 Å². The van der Waals surface area contributed by atoms with E-state index in [4.69, 9.17) is 0 Å². The zero-order valence-corrected chi connectivity index (χ0v) is 31.0. The van der Waals surface area contributed by atoms with Gasteiger partial charge in [0.05, 0.1) is 10.6 Å². The predicted molar refractivity (Wildman–Crippen MR) is 226 cm³/mol. The van der Waals surface area contributed by atoms with E-state index in [2.05, 4.69) is 178 Å². The monoisotopic (exact) mass is 695 g/mol. The van der Waals surface area contributed by atoms with Crippen LogP contribution in [0.5, 0.6) is 0 Å². The van der Waals surface area contributed by atoms with Crippen molar-refractivity contribution in [2.45, 2.75) is 43.4 Å². The number of allylic oxidation sites excluding steroid dienone is 8. The van der Waals surface area contributed by atoms with Gasteiger partial charge in [-0.3, -0.25) is 0 Å². The van der Waals surface area contributed by atoms with Crippen LogP contribution < -0.4 is 4.90 Å². The molecule has 0 radical (unpaired) electrons. The molecule has 1 aliphatic heterocycles. The Labute approximate surface area is 310 Å². The molecule has 0 spiro atoms. The minimum absolute atomic E-state index is 0.335. The third-order valence-corrected chi connectivity index (χ3v) is 12.8. The second kappa shape index (κ2) is 14.3. The lowest BCUT2D eigenvalue weighted by Crippen LogP contribution is -2.17. The highest BCUT2D eigenvalue weighted by atomic mass is 32.2. The normalized spacial score (nSPS) is 16.0. The lowest BCUT2D eigenvalue weighted by molar-refractivity contribution is 0.791. The Morgan fingerprint density at radius 3 is 2.14 bits per heavy atom. The summed E-state index contributed by atoms with van der Waals surface area (Å²) in [6, 6.07) is 40.4. The highest BCUT2D eigenvalue weighted by molar-refractivity contribution is 8.11. The lowest BCUT2D eigenvalue weighted by Gasteiger charge is -2.32. The third-order valence-electron chi connectivity index (χ3n) is 10.1. The van der Waals surface area contributed by atoms with E-state index >= 15 is 0 Å². The fraction of sp³-hybridized carbons (Fsp3) is 0.125. The van der Waals surface area contributed by atoms with E-state index in [1.165, 1.54) is 68.6 Å². The molecule has 51 heavy (non-hydrogen) atoms. The average molecular weight is 696 g/mol. The first-order valence-corrected chi connectivity index (χ1v) is 19.6. The fourth-order valence-corrected chi connectivity index (χ4v) is 10.3. The molecule has 3 heteroatoms. The van der Waals surface area contributed by atoms with E-state index in [9.17, 15) is 0 Å². The van der Waals surface area contributed by atoms with Gasteiger partial charge >= 0.3 is 0 Å². The molecular formula is C48H41NS2. The Kier molecular flexibility index (Phi) is 9.34. The van der Waals surface area contributed by atoms with Crippen molar-refractivity contribution in [1.82, 2.24) is 0 Å². The van der Waals surface area contributed by atoms with Crippen LogP contribution in [0, 0.1) is 5.92 Å². The van der Waals surface area contributed by atoms with Crippen molar-refractivity contribution in [3.05, 3.63) is 185 Å². The van der Waals surface area contributed by atoms with Crippen LogP contribution >= 0.6 is 23.5 Å². The minimum atomic E-state index is 0.335. The Morgan fingerprint density at radius 1 is 0.765 bits per heavy atom. The molecule has 250 valence electrons. The second-order valence-corrected chi connectivity index (χ2v) is 15.1. The van der Waals surface area contributed by atoms with Gasteiger partial charge in [0, 0.05) is 32.0 Å². The summed E-state index contributed by atoms with van der Waals surface area (Å²) in [6.45, 7) is 11.0. The Hall–Kier alpha value is -4.96. The van der Waals surface area contributed by atoms with Gasteiger partial charge in [0.15, 0.2) is 0 Å². The van der Waals surface area contributed by atoms with Crippen molar-refractivity contribution in [3.63, 3.8) is 0 Å². The summed E-state index contributed by atoms with van der Waals surface area (Å²) in [5.74, 6) is 0.335. The van der Waals surface area contributed by atoms with Crippen LogP contribution in [0.4, 0.5) is 11.4 Å². The van der Waals surface area contributed by atoms with Crippen molar-refractivity contribution < 1.29 is 0 Å². The lowest BCUT2D eigenvalue weighted by atomic mass is 9.87. The van der Waals surface area contributed by atoms with E-state index in [1.807, 2.05) is 29.6 Å². The number of anilines is 2. The molecule has 2 aliphatic rings. The van der Waals surface area contributed by atoms with E-state index < -0.39 is 0 Å². The topological polar surface area (TPSA) is 3.24 Å². The van der Waals surface area contributed by atoms with Gasteiger partial charge in [-0.2, -0.15) is 0 Å². The van der Waals surface area contributed by atoms with Crippen LogP contribution in [-0.2, 0) is 6.42 Å². The average Bonchev–Trinajstić information content (AvgIpc) is 3.37. The maximum Gasteiger partial charge on any atom is 0.0612 e. The minimum Gasteiger partial charge on any atom is -0.309 e. The highest BCUT2D eigenvalue weighted by Gasteiger charge is 2.31. The van der Waals surface area contributed by atoms with Gasteiger partial charge in [0.2, 0.25) is 0 Å². The molecule has 0 N–H and O–H groups in total.